The van der Waals surface area contributed by atoms with E-state index in [1.165, 1.54) is 30.4 Å². The second-order valence-corrected chi connectivity index (χ2v) is 10.3. The highest BCUT2D eigenvalue weighted by molar-refractivity contribution is 8.77. The Balaban J connectivity index is 1.65. The van der Waals surface area contributed by atoms with Gasteiger partial charge in [0, 0.05) is 28.2 Å². The number of esters is 1. The van der Waals surface area contributed by atoms with Gasteiger partial charge in [-0.1, -0.05) is 47.1 Å². The number of nitroso groups, excluding NO2 is 1. The lowest BCUT2D eigenvalue weighted by Gasteiger charge is -2.16. The van der Waals surface area contributed by atoms with Gasteiger partial charge in [-0.25, -0.2) is 4.39 Å². The first kappa shape index (κ1) is 22.7. The molecule has 1 aliphatic heterocycles. The average molecular weight is 450 g/mol. The summed E-state index contributed by atoms with van der Waals surface area (Å²) in [6.45, 7) is 1.91. The van der Waals surface area contributed by atoms with Crippen LogP contribution in [0.1, 0.15) is 61.4 Å². The molecule has 30 heavy (non-hydrogen) atoms. The molecule has 2 aliphatic rings. The fourth-order valence-corrected chi connectivity index (χ4v) is 6.47. The Hall–Kier alpha value is -1.93. The molecule has 1 aliphatic carbocycles. The zero-order valence-corrected chi connectivity index (χ0v) is 18.4. The second-order valence-electron chi connectivity index (χ2n) is 7.50. The van der Waals surface area contributed by atoms with Crippen LogP contribution in [0.25, 0.3) is 5.57 Å². The van der Waals surface area contributed by atoms with E-state index in [0.29, 0.717) is 29.2 Å². The smallest absolute Gasteiger partial charge is 0.320 e. The van der Waals surface area contributed by atoms with E-state index in [1.807, 2.05) is 28.5 Å². The van der Waals surface area contributed by atoms with E-state index >= 15 is 0 Å². The van der Waals surface area contributed by atoms with E-state index < -0.39 is 11.9 Å². The number of benzene rings is 1. The van der Waals surface area contributed by atoms with Gasteiger partial charge in [-0.15, -0.1) is 4.91 Å². The molecule has 0 radical (unpaired) electrons. The van der Waals surface area contributed by atoms with Gasteiger partial charge in [0.15, 0.2) is 0 Å². The lowest BCUT2D eigenvalue weighted by atomic mass is 9.92. The summed E-state index contributed by atoms with van der Waals surface area (Å²) in [4.78, 5) is 35.0. The van der Waals surface area contributed by atoms with Crippen LogP contribution in [0.3, 0.4) is 0 Å². The second kappa shape index (κ2) is 10.9. The van der Waals surface area contributed by atoms with Crippen LogP contribution in [0.2, 0.25) is 0 Å². The van der Waals surface area contributed by atoms with Crippen LogP contribution in [0.4, 0.5) is 4.39 Å². The minimum Gasteiger partial charge on any atom is -0.426 e. The monoisotopic (exact) mass is 449 g/mol. The molecule has 0 N–H and O–H groups in total. The highest BCUT2D eigenvalue weighted by atomic mass is 33.1. The summed E-state index contributed by atoms with van der Waals surface area (Å²) in [6, 6.07) is 4.36. The summed E-state index contributed by atoms with van der Waals surface area (Å²) >= 11 is 0. The summed E-state index contributed by atoms with van der Waals surface area (Å²) in [5.41, 5.74) is 0.658. The zero-order chi connectivity index (χ0) is 21.5. The number of carbonyl (C=O) groups excluding carboxylic acids is 2. The van der Waals surface area contributed by atoms with Crippen LogP contribution in [-0.4, -0.2) is 22.9 Å². The van der Waals surface area contributed by atoms with Crippen LogP contribution in [0, 0.1) is 10.8 Å². The van der Waals surface area contributed by atoms with Crippen LogP contribution in [-0.2, 0) is 4.79 Å². The number of amides is 1. The third kappa shape index (κ3) is 6.04. The van der Waals surface area contributed by atoms with Gasteiger partial charge in [-0.3, -0.25) is 9.59 Å². The molecule has 160 valence electrons. The fourth-order valence-electron chi connectivity index (χ4n) is 3.45. The van der Waals surface area contributed by atoms with Gasteiger partial charge >= 0.3 is 11.9 Å². The summed E-state index contributed by atoms with van der Waals surface area (Å²) in [7, 11) is 3.81. The maximum atomic E-state index is 14.3. The Labute approximate surface area is 183 Å². The first-order valence-electron chi connectivity index (χ1n) is 10.1. The molecule has 3 rings (SSSR count). The molecular formula is C22H24FNO4S2. The van der Waals surface area contributed by atoms with Crippen molar-refractivity contribution in [1.82, 2.24) is 0 Å². The Morgan fingerprint density at radius 1 is 1.30 bits per heavy atom. The van der Waals surface area contributed by atoms with Crippen molar-refractivity contribution >= 4 is 39.0 Å². The number of allylic oxidation sites excluding steroid dienone is 4. The SMILES string of the molecule is CC1C=C(F)C(c2ccc(OC(=O)CCCCC3CCSS3)c(C(=O)N=O)c2)=CC1. The molecule has 1 heterocycles. The highest BCUT2D eigenvalue weighted by Crippen LogP contribution is 2.40. The molecule has 8 heteroatoms. The Kier molecular flexibility index (Phi) is 8.27. The molecule has 0 bridgehead atoms. The largest absolute Gasteiger partial charge is 0.426 e. The third-order valence-electron chi connectivity index (χ3n) is 5.09. The predicted octanol–water partition coefficient (Wildman–Crippen LogP) is 6.49. The average Bonchev–Trinajstić information content (AvgIpc) is 3.25. The van der Waals surface area contributed by atoms with E-state index in [0.717, 1.165) is 12.8 Å². The standard InChI is InChI=1S/C22H24FNO4S2/c1-14-6-8-17(19(23)12-14)15-7-9-20(18(13-15)22(26)24-27)28-21(25)5-3-2-4-16-10-11-29-30-16/h7-9,12-14,16H,2-6,10-11H2,1H3. The van der Waals surface area contributed by atoms with Gasteiger partial charge in [0.05, 0.1) is 5.56 Å². The van der Waals surface area contributed by atoms with Crippen molar-refractivity contribution in [3.63, 3.8) is 0 Å². The van der Waals surface area contributed by atoms with Crippen molar-refractivity contribution in [2.24, 2.45) is 11.1 Å². The predicted molar refractivity (Wildman–Crippen MR) is 120 cm³/mol. The first-order chi connectivity index (χ1) is 14.5. The first-order valence-corrected chi connectivity index (χ1v) is 12.4. The van der Waals surface area contributed by atoms with Gasteiger partial charge in [-0.05, 0) is 55.4 Å². The lowest BCUT2D eigenvalue weighted by molar-refractivity contribution is -0.134. The third-order valence-corrected chi connectivity index (χ3v) is 8.10. The number of unbranched alkanes of at least 4 members (excludes halogenated alkanes) is 1. The summed E-state index contributed by atoms with van der Waals surface area (Å²) in [5.74, 6) is -0.639. The number of nitrogens with zero attached hydrogens (tertiary/aromatic N) is 1. The van der Waals surface area contributed by atoms with Gasteiger partial charge in [0.25, 0.3) is 0 Å². The van der Waals surface area contributed by atoms with Gasteiger partial charge in [-0.2, -0.15) is 0 Å². The molecule has 1 amide bonds. The highest BCUT2D eigenvalue weighted by Gasteiger charge is 2.21. The van der Waals surface area contributed by atoms with Crippen LogP contribution < -0.4 is 4.74 Å². The molecular weight excluding hydrogens is 425 g/mol. The molecule has 0 spiro atoms. The van der Waals surface area contributed by atoms with E-state index in [2.05, 4.69) is 5.18 Å². The molecule has 1 fully saturated rings. The minimum absolute atomic E-state index is 0.0229. The quantitative estimate of drug-likeness (QED) is 0.148. The number of hydrogen-bond acceptors (Lipinski definition) is 6. The topological polar surface area (TPSA) is 72.8 Å². The van der Waals surface area contributed by atoms with Crippen molar-refractivity contribution < 1.29 is 18.7 Å². The van der Waals surface area contributed by atoms with E-state index in [1.54, 1.807) is 12.1 Å². The molecule has 2 atom stereocenters. The fraction of sp³-hybridized carbons (Fsp3) is 0.455. The van der Waals surface area contributed by atoms with Crippen molar-refractivity contribution in [3.8, 4) is 5.75 Å². The number of halogens is 1. The Morgan fingerprint density at radius 2 is 2.13 bits per heavy atom. The maximum absolute atomic E-state index is 14.3. The van der Waals surface area contributed by atoms with E-state index in [4.69, 9.17) is 4.74 Å². The van der Waals surface area contributed by atoms with E-state index in [-0.39, 0.29) is 29.5 Å². The van der Waals surface area contributed by atoms with Crippen molar-refractivity contribution in [2.45, 2.75) is 50.7 Å². The molecule has 1 aromatic rings. The maximum Gasteiger partial charge on any atom is 0.320 e. The van der Waals surface area contributed by atoms with Gasteiger partial charge in [0.2, 0.25) is 0 Å². The number of carbonyl (C=O) groups is 2. The van der Waals surface area contributed by atoms with Crippen LogP contribution in [0.15, 0.2) is 41.4 Å². The summed E-state index contributed by atoms with van der Waals surface area (Å²) in [5, 5.41) is 3.11. The number of hydrogen-bond donors (Lipinski definition) is 0. The van der Waals surface area contributed by atoms with Crippen molar-refractivity contribution in [2.75, 3.05) is 5.75 Å². The Bertz CT molecular complexity index is 878. The van der Waals surface area contributed by atoms with Crippen molar-refractivity contribution in [1.29, 1.82) is 0 Å². The van der Waals surface area contributed by atoms with Crippen molar-refractivity contribution in [3.05, 3.63) is 52.2 Å². The molecule has 5 nitrogen and oxygen atoms in total. The zero-order valence-electron chi connectivity index (χ0n) is 16.8. The van der Waals surface area contributed by atoms with E-state index in [9.17, 15) is 18.9 Å². The minimum atomic E-state index is -1.05. The Morgan fingerprint density at radius 3 is 2.83 bits per heavy atom. The van der Waals surface area contributed by atoms with Crippen LogP contribution >= 0.6 is 21.6 Å². The molecule has 0 aromatic heterocycles. The summed E-state index contributed by atoms with van der Waals surface area (Å²) < 4.78 is 19.7. The van der Waals surface area contributed by atoms with Crippen LogP contribution in [0.5, 0.6) is 5.75 Å². The summed E-state index contributed by atoms with van der Waals surface area (Å²) in [6.07, 6.45) is 8.10. The normalized spacial score (nSPS) is 21.0. The van der Waals surface area contributed by atoms with Gasteiger partial charge in [0.1, 0.15) is 11.6 Å². The number of rotatable bonds is 8. The molecule has 2 unspecified atom stereocenters. The molecule has 1 saturated heterocycles. The van der Waals surface area contributed by atoms with Gasteiger partial charge < -0.3 is 4.74 Å². The number of ether oxygens (including phenoxy) is 1. The molecule has 1 aromatic carbocycles. The lowest BCUT2D eigenvalue weighted by Crippen LogP contribution is -2.11. The molecule has 0 saturated carbocycles.